The molecular formula is C19H14F3N7O3S. The van der Waals surface area contributed by atoms with Gasteiger partial charge in [0.05, 0.1) is 22.0 Å². The van der Waals surface area contributed by atoms with Crippen molar-refractivity contribution in [2.75, 3.05) is 4.90 Å². The van der Waals surface area contributed by atoms with Crippen molar-refractivity contribution in [1.82, 2.24) is 25.3 Å². The van der Waals surface area contributed by atoms with E-state index >= 15 is 0 Å². The minimum atomic E-state index is -3.06. The third-order valence-electron chi connectivity index (χ3n) is 4.31. The first kappa shape index (κ1) is 22.1. The highest BCUT2D eigenvalue weighted by Crippen LogP contribution is 2.24. The number of alkyl halides is 2. The second-order valence-electron chi connectivity index (χ2n) is 6.63. The summed E-state index contributed by atoms with van der Waals surface area (Å²) in [6.45, 7) is -0.143. The average Bonchev–Trinajstić information content (AvgIpc) is 3.28. The number of halogens is 3. The summed E-state index contributed by atoms with van der Waals surface area (Å²) in [5, 5.41) is 16.7. The molecule has 2 amide bonds. The lowest BCUT2D eigenvalue weighted by Crippen LogP contribution is -2.39. The van der Waals surface area contributed by atoms with Gasteiger partial charge in [-0.15, -0.1) is 15.3 Å². The molecule has 0 atom stereocenters. The maximum Gasteiger partial charge on any atom is 0.332 e. The van der Waals surface area contributed by atoms with E-state index in [-0.39, 0.29) is 29.5 Å². The third kappa shape index (κ3) is 5.06. The van der Waals surface area contributed by atoms with Gasteiger partial charge in [0.25, 0.3) is 11.8 Å². The molecule has 14 heteroatoms. The Balaban J connectivity index is 1.60. The van der Waals surface area contributed by atoms with Crippen molar-refractivity contribution in [2.24, 2.45) is 0 Å². The Morgan fingerprint density at radius 3 is 2.48 bits per heavy atom. The van der Waals surface area contributed by atoms with Crippen LogP contribution in [0.15, 0.2) is 64.0 Å². The minimum absolute atomic E-state index is 0.0499. The van der Waals surface area contributed by atoms with Gasteiger partial charge in [0.15, 0.2) is 0 Å². The summed E-state index contributed by atoms with van der Waals surface area (Å²) in [6, 6.07) is 7.53. The predicted octanol–water partition coefficient (Wildman–Crippen LogP) is 4.03. The van der Waals surface area contributed by atoms with Gasteiger partial charge in [-0.05, 0) is 30.3 Å². The van der Waals surface area contributed by atoms with E-state index in [0.29, 0.717) is 0 Å². The summed E-state index contributed by atoms with van der Waals surface area (Å²) in [7, 11) is -3.06. The van der Waals surface area contributed by atoms with Crippen molar-refractivity contribution in [3.8, 4) is 11.6 Å². The van der Waals surface area contributed by atoms with E-state index in [9.17, 15) is 22.2 Å². The van der Waals surface area contributed by atoms with Crippen LogP contribution in [0, 0.1) is 10.6 Å². The van der Waals surface area contributed by atoms with Gasteiger partial charge >= 0.3 is 12.5 Å². The molecule has 1 aliphatic heterocycles. The second kappa shape index (κ2) is 8.82. The predicted molar refractivity (Wildman–Crippen MR) is 109 cm³/mol. The van der Waals surface area contributed by atoms with Crippen molar-refractivity contribution in [3.63, 3.8) is 0 Å². The molecule has 0 saturated carbocycles. The number of amides is 2. The summed E-state index contributed by atoms with van der Waals surface area (Å²) in [4.78, 5) is 15.4. The zero-order chi connectivity index (χ0) is 23.6. The Labute approximate surface area is 185 Å². The fourth-order valence-electron chi connectivity index (χ4n) is 2.73. The minimum Gasteiger partial charge on any atom is -0.413 e. The van der Waals surface area contributed by atoms with Crippen molar-refractivity contribution in [3.05, 3.63) is 77.0 Å². The van der Waals surface area contributed by atoms with Crippen LogP contribution in [0.1, 0.15) is 18.0 Å². The van der Waals surface area contributed by atoms with Gasteiger partial charge in [0, 0.05) is 28.9 Å². The van der Waals surface area contributed by atoms with Crippen LogP contribution >= 0.6 is 0 Å². The number of hydrogen-bond donors (Lipinski definition) is 1. The van der Waals surface area contributed by atoms with E-state index in [1.807, 2.05) is 0 Å². The topological polar surface area (TPSA) is 129 Å². The lowest BCUT2D eigenvalue weighted by molar-refractivity contribution is 0.116. The molecule has 0 spiro atoms. The average molecular weight is 477 g/mol. The molecule has 3 aromatic rings. The molecule has 4 rings (SSSR count). The quantitative estimate of drug-likeness (QED) is 0.587. The fraction of sp³-hybridized carbons (Fsp3) is 0.105. The molecule has 170 valence electrons. The Morgan fingerprint density at radius 1 is 1.12 bits per heavy atom. The molecule has 0 saturated heterocycles. The normalized spacial score (nSPS) is 14.6. The lowest BCUT2D eigenvalue weighted by Gasteiger charge is -2.27. The van der Waals surface area contributed by atoms with Crippen LogP contribution < -0.4 is 4.90 Å². The smallest absolute Gasteiger partial charge is 0.332 e. The molecule has 2 aromatic heterocycles. The maximum absolute atomic E-state index is 13.8. The number of benzene rings is 1. The molecule has 0 unspecified atom stereocenters. The van der Waals surface area contributed by atoms with Crippen LogP contribution in [-0.2, 0) is 16.3 Å². The molecule has 3 heterocycles. The molecule has 0 fully saturated rings. The first-order valence-corrected chi connectivity index (χ1v) is 10.9. The third-order valence-corrected chi connectivity index (χ3v) is 5.36. The highest BCUT2D eigenvalue weighted by atomic mass is 32.2. The summed E-state index contributed by atoms with van der Waals surface area (Å²) < 4.78 is 63.2. The highest BCUT2D eigenvalue weighted by Gasteiger charge is 2.24. The van der Waals surface area contributed by atoms with Gasteiger partial charge in [-0.2, -0.15) is 13.9 Å². The van der Waals surface area contributed by atoms with E-state index < -0.39 is 33.9 Å². The monoisotopic (exact) mass is 477 g/mol. The van der Waals surface area contributed by atoms with Gasteiger partial charge in [0.2, 0.25) is 0 Å². The van der Waals surface area contributed by atoms with E-state index in [1.165, 1.54) is 47.6 Å². The number of rotatable bonds is 5. The molecule has 0 aliphatic carbocycles. The van der Waals surface area contributed by atoms with Gasteiger partial charge in [-0.3, -0.25) is 9.80 Å². The number of carbonyl (C=O) groups is 1. The largest absolute Gasteiger partial charge is 0.413 e. The summed E-state index contributed by atoms with van der Waals surface area (Å²) in [5.74, 6) is -1.67. The molecule has 1 aliphatic rings. The van der Waals surface area contributed by atoms with Crippen molar-refractivity contribution in [2.45, 2.75) is 13.0 Å². The lowest BCUT2D eigenvalue weighted by atomic mass is 10.2. The number of aromatic nitrogens is 4. The van der Waals surface area contributed by atoms with Crippen molar-refractivity contribution in [1.29, 1.82) is 4.78 Å². The molecular weight excluding hydrogens is 463 g/mol. The highest BCUT2D eigenvalue weighted by molar-refractivity contribution is 7.98. The van der Waals surface area contributed by atoms with Gasteiger partial charge in [0.1, 0.15) is 11.5 Å². The van der Waals surface area contributed by atoms with Crippen molar-refractivity contribution < 1.29 is 26.6 Å². The van der Waals surface area contributed by atoms with Crippen molar-refractivity contribution >= 4 is 21.4 Å². The van der Waals surface area contributed by atoms with Crippen LogP contribution in [0.25, 0.3) is 11.6 Å². The molecule has 33 heavy (non-hydrogen) atoms. The number of anilines is 1. The summed E-state index contributed by atoms with van der Waals surface area (Å²) >= 11 is 0. The van der Waals surface area contributed by atoms with Gasteiger partial charge in [-0.25, -0.2) is 18.2 Å². The van der Waals surface area contributed by atoms with E-state index in [2.05, 4.69) is 20.4 Å². The van der Waals surface area contributed by atoms with Crippen LogP contribution in [0.2, 0.25) is 0 Å². The summed E-state index contributed by atoms with van der Waals surface area (Å²) in [6.07, 6.45) is -0.547. The van der Waals surface area contributed by atoms with E-state index in [1.54, 1.807) is 0 Å². The Hall–Kier alpha value is -4.07. The SMILES string of the molecule is N=S1(=O)C=CN(C(=O)N(Cc2ccc(-c3nnc(C(F)F)o3)nn2)c2cccc(F)c2)C=C1. The Morgan fingerprint density at radius 2 is 1.88 bits per heavy atom. The number of hydrogen-bond acceptors (Lipinski definition) is 8. The van der Waals surface area contributed by atoms with Crippen LogP contribution in [0.4, 0.5) is 23.7 Å². The van der Waals surface area contributed by atoms with Gasteiger partial charge in [-0.1, -0.05) is 6.07 Å². The molecule has 1 N–H and O–H groups in total. The molecule has 0 bridgehead atoms. The zero-order valence-electron chi connectivity index (χ0n) is 16.5. The summed E-state index contributed by atoms with van der Waals surface area (Å²) in [5.41, 5.74) is 0.538. The molecule has 1 aromatic carbocycles. The molecule has 0 radical (unpaired) electrons. The first-order chi connectivity index (χ1) is 15.7. The van der Waals surface area contributed by atoms with Crippen LogP contribution in [0.3, 0.4) is 0 Å². The standard InChI is InChI=1S/C19H14F3N7O3S/c20-12-2-1-3-14(10-12)29(19(30)28-6-8-33(23,31)9-7-28)11-13-4-5-15(25-24-13)17-26-27-18(32-17)16(21)22/h1-10,16,23H,11H2. The fourth-order valence-corrected chi connectivity index (χ4v) is 3.45. The van der Waals surface area contributed by atoms with E-state index in [4.69, 9.17) is 9.20 Å². The van der Waals surface area contributed by atoms with Gasteiger partial charge < -0.3 is 4.42 Å². The first-order valence-electron chi connectivity index (χ1n) is 9.17. The number of urea groups is 1. The maximum atomic E-state index is 13.8. The zero-order valence-corrected chi connectivity index (χ0v) is 17.3. The van der Waals surface area contributed by atoms with Crippen LogP contribution in [-0.4, -0.2) is 35.5 Å². The number of nitrogens with zero attached hydrogens (tertiary/aromatic N) is 6. The Kier molecular flexibility index (Phi) is 5.91. The number of carbonyl (C=O) groups excluding carboxylic acids is 1. The van der Waals surface area contributed by atoms with E-state index in [0.717, 1.165) is 21.8 Å². The molecule has 10 nitrogen and oxygen atoms in total. The van der Waals surface area contributed by atoms with Crippen LogP contribution in [0.5, 0.6) is 0 Å². The number of nitrogens with one attached hydrogen (secondary N) is 1. The Bertz CT molecular complexity index is 1320. The second-order valence-corrected chi connectivity index (χ2v) is 8.47.